The van der Waals surface area contributed by atoms with E-state index >= 15 is 0 Å². The van der Waals surface area contributed by atoms with Crippen LogP contribution in [0.5, 0.6) is 28.7 Å². The molecule has 0 unspecified atom stereocenters. The number of aromatic hydroxyl groups is 3. The highest BCUT2D eigenvalue weighted by Gasteiger charge is 2.16. The Morgan fingerprint density at radius 3 is 1.15 bits per heavy atom. The Morgan fingerprint density at radius 1 is 0.365 bits per heavy atom. The van der Waals surface area contributed by atoms with E-state index in [2.05, 4.69) is 181 Å². The van der Waals surface area contributed by atoms with Crippen LogP contribution in [0.25, 0.3) is 0 Å². The van der Waals surface area contributed by atoms with E-state index in [0.717, 1.165) is 57.9 Å². The molecular formula is C69H100O5. The minimum atomic E-state index is 0.392. The Balaban J connectivity index is 0.000000304. The molecule has 1 aliphatic heterocycles. The van der Waals surface area contributed by atoms with Gasteiger partial charge in [0.05, 0.1) is 13.7 Å². The van der Waals surface area contributed by atoms with Gasteiger partial charge in [-0.05, 0) is 226 Å². The molecule has 5 nitrogen and oxygen atoms in total. The van der Waals surface area contributed by atoms with Gasteiger partial charge in [-0.15, -0.1) is 0 Å². The number of ether oxygens (including phenoxy) is 2. The van der Waals surface area contributed by atoms with Crippen molar-refractivity contribution in [2.24, 2.45) is 0 Å². The maximum atomic E-state index is 9.69. The average Bonchev–Trinajstić information content (AvgIpc) is 3.76. The van der Waals surface area contributed by atoms with Crippen molar-refractivity contribution in [3.8, 4) is 28.7 Å². The third-order valence-electron chi connectivity index (χ3n) is 14.0. The topological polar surface area (TPSA) is 79.2 Å². The number of hydrogen-bond acceptors (Lipinski definition) is 5. The standard InChI is InChI=1S/C12H16O.C12H18O.C12H18.3C11H16O/c1-8(2)11-7-12-10(4-5-13-12)6-9(11)3;1-8(2)11-6-10(4)12(13-5)7-9(11)3;1-8(2)12-7-9(3)6-10(4)11(12)5;1-7(2)10-5-8(3)6-11(12)9(10)4;2*1-7(2)10-6-8(3)5-9(4)11(10)12/h6-8H,4-5H2,1-3H3;6-8H,1-5H3;6-8H,1-5H3;3*5-7,12H,1-4H3. The summed E-state index contributed by atoms with van der Waals surface area (Å²) in [6, 6.07) is 25.4. The zero-order chi connectivity index (χ0) is 56.6. The molecule has 0 saturated heterocycles. The van der Waals surface area contributed by atoms with Gasteiger partial charge in [-0.25, -0.2) is 0 Å². The Kier molecular flexibility index (Phi) is 25.6. The van der Waals surface area contributed by atoms with Gasteiger partial charge in [-0.3, -0.25) is 0 Å². The molecule has 0 aliphatic carbocycles. The van der Waals surface area contributed by atoms with Gasteiger partial charge in [-0.2, -0.15) is 0 Å². The van der Waals surface area contributed by atoms with E-state index in [1.807, 2.05) is 52.0 Å². The summed E-state index contributed by atoms with van der Waals surface area (Å²) >= 11 is 0. The van der Waals surface area contributed by atoms with Crippen molar-refractivity contribution in [2.45, 2.75) is 208 Å². The van der Waals surface area contributed by atoms with E-state index in [-0.39, 0.29) is 0 Å². The van der Waals surface area contributed by atoms with Crippen molar-refractivity contribution in [2.75, 3.05) is 13.7 Å². The van der Waals surface area contributed by atoms with E-state index in [0.29, 0.717) is 52.8 Å². The average molecular weight is 1010 g/mol. The number of methoxy groups -OCH3 is 1. The maximum Gasteiger partial charge on any atom is 0.122 e. The molecule has 0 fully saturated rings. The predicted octanol–water partition coefficient (Wildman–Crippen LogP) is 19.6. The first-order valence-electron chi connectivity index (χ1n) is 27.2. The lowest BCUT2D eigenvalue weighted by molar-refractivity contribution is 0.356. The third kappa shape index (κ3) is 18.9. The van der Waals surface area contributed by atoms with Crippen LogP contribution >= 0.6 is 0 Å². The summed E-state index contributed by atoms with van der Waals surface area (Å²) in [6.07, 6.45) is 1.08. The minimum Gasteiger partial charge on any atom is -0.508 e. The number of fused-ring (bicyclic) bond motifs is 1. The van der Waals surface area contributed by atoms with Crippen molar-refractivity contribution >= 4 is 0 Å². The SMILES string of the molecule is COc1cc(C)c(C(C)C)cc1C.Cc1cc(C)c(C)c(C(C)C)c1.Cc1cc(C)c(O)c(C(C)C)c1.Cc1cc(C)c(O)c(C(C)C)c1.Cc1cc(O)c(C)c(C(C)C)c1.Cc1cc2c(cc1C(C)C)OCC2. The molecule has 1 aliphatic rings. The molecule has 0 amide bonds. The summed E-state index contributed by atoms with van der Waals surface area (Å²) in [5.41, 5.74) is 23.7. The summed E-state index contributed by atoms with van der Waals surface area (Å²) in [5.74, 6) is 6.51. The number of phenolic OH excluding ortho intramolecular Hbond substituents is 3. The fraction of sp³-hybridized carbons (Fsp3) is 0.478. The molecule has 406 valence electrons. The van der Waals surface area contributed by atoms with Crippen molar-refractivity contribution in [1.82, 2.24) is 0 Å². The molecule has 0 atom stereocenters. The summed E-state index contributed by atoms with van der Waals surface area (Å²) in [4.78, 5) is 0. The van der Waals surface area contributed by atoms with E-state index in [9.17, 15) is 15.3 Å². The molecule has 74 heavy (non-hydrogen) atoms. The molecule has 0 radical (unpaired) electrons. The smallest absolute Gasteiger partial charge is 0.122 e. The Morgan fingerprint density at radius 2 is 0.730 bits per heavy atom. The lowest BCUT2D eigenvalue weighted by Gasteiger charge is -2.13. The second-order valence-electron chi connectivity index (χ2n) is 22.9. The molecule has 3 N–H and O–H groups in total. The highest BCUT2D eigenvalue weighted by atomic mass is 16.5. The van der Waals surface area contributed by atoms with Crippen LogP contribution in [0.15, 0.2) is 72.8 Å². The highest BCUT2D eigenvalue weighted by Crippen LogP contribution is 2.34. The zero-order valence-electron chi connectivity index (χ0n) is 51.0. The van der Waals surface area contributed by atoms with Gasteiger partial charge in [0.1, 0.15) is 28.7 Å². The molecule has 0 bridgehead atoms. The van der Waals surface area contributed by atoms with Crippen molar-refractivity contribution < 1.29 is 24.8 Å². The predicted molar refractivity (Wildman–Crippen MR) is 321 cm³/mol. The Bertz CT molecular complexity index is 2490. The molecule has 7 rings (SSSR count). The second kappa shape index (κ2) is 29.4. The lowest BCUT2D eigenvalue weighted by Crippen LogP contribution is -1.95. The summed E-state index contributed by atoms with van der Waals surface area (Å²) in [5, 5.41) is 28.9. The van der Waals surface area contributed by atoms with Crippen molar-refractivity contribution in [1.29, 1.82) is 0 Å². The largest absolute Gasteiger partial charge is 0.508 e. The van der Waals surface area contributed by atoms with Crippen molar-refractivity contribution in [3.05, 3.63) is 179 Å². The molecule has 1 heterocycles. The maximum absolute atomic E-state index is 9.69. The quantitative estimate of drug-likeness (QED) is 0.148. The van der Waals surface area contributed by atoms with Gasteiger partial charge in [0, 0.05) is 6.42 Å². The highest BCUT2D eigenvalue weighted by molar-refractivity contribution is 5.48. The van der Waals surface area contributed by atoms with Gasteiger partial charge in [-0.1, -0.05) is 154 Å². The minimum absolute atomic E-state index is 0.392. The number of rotatable bonds is 7. The van der Waals surface area contributed by atoms with Crippen LogP contribution in [0.3, 0.4) is 0 Å². The number of phenols is 3. The first-order chi connectivity index (χ1) is 34.3. The van der Waals surface area contributed by atoms with E-state index in [1.54, 1.807) is 13.2 Å². The van der Waals surface area contributed by atoms with E-state index in [1.165, 1.54) is 72.3 Å². The summed E-state index contributed by atoms with van der Waals surface area (Å²) < 4.78 is 10.8. The Hall–Kier alpha value is -5.68. The molecule has 6 aromatic rings. The Labute approximate surface area is 451 Å². The van der Waals surface area contributed by atoms with Crippen LogP contribution in [0.1, 0.15) is 224 Å². The van der Waals surface area contributed by atoms with Gasteiger partial charge in [0.15, 0.2) is 0 Å². The molecule has 0 aromatic heterocycles. The number of aryl methyl sites for hydroxylation is 10. The summed E-state index contributed by atoms with van der Waals surface area (Å²) in [7, 11) is 1.72. The van der Waals surface area contributed by atoms with Crippen LogP contribution in [0.2, 0.25) is 0 Å². The third-order valence-corrected chi connectivity index (χ3v) is 14.0. The van der Waals surface area contributed by atoms with Crippen LogP contribution in [-0.4, -0.2) is 29.0 Å². The lowest BCUT2D eigenvalue weighted by atomic mass is 9.93. The summed E-state index contributed by atoms with van der Waals surface area (Å²) in [6.45, 7) is 51.8. The fourth-order valence-electron chi connectivity index (χ4n) is 9.65. The van der Waals surface area contributed by atoms with Gasteiger partial charge < -0.3 is 24.8 Å². The van der Waals surface area contributed by atoms with Crippen LogP contribution < -0.4 is 9.47 Å². The number of hydrogen-bond donors (Lipinski definition) is 3. The molecule has 5 heteroatoms. The molecule has 0 saturated carbocycles. The van der Waals surface area contributed by atoms with Crippen LogP contribution in [0, 0.1) is 83.1 Å². The number of benzene rings is 6. The van der Waals surface area contributed by atoms with Crippen LogP contribution in [0.4, 0.5) is 0 Å². The first kappa shape index (κ1) is 64.4. The second-order valence-corrected chi connectivity index (χ2v) is 22.9. The van der Waals surface area contributed by atoms with Crippen LogP contribution in [-0.2, 0) is 6.42 Å². The van der Waals surface area contributed by atoms with Crippen molar-refractivity contribution in [3.63, 3.8) is 0 Å². The van der Waals surface area contributed by atoms with E-state index < -0.39 is 0 Å². The molecule has 6 aromatic carbocycles. The van der Waals surface area contributed by atoms with Gasteiger partial charge in [0.25, 0.3) is 0 Å². The normalized spacial score (nSPS) is 11.4. The van der Waals surface area contributed by atoms with E-state index in [4.69, 9.17) is 9.47 Å². The zero-order valence-corrected chi connectivity index (χ0v) is 51.0. The molecular weight excluding hydrogens is 909 g/mol. The van der Waals surface area contributed by atoms with Gasteiger partial charge in [0.2, 0.25) is 0 Å². The monoisotopic (exact) mass is 1010 g/mol. The first-order valence-corrected chi connectivity index (χ1v) is 27.2. The van der Waals surface area contributed by atoms with Gasteiger partial charge >= 0.3 is 0 Å². The molecule has 0 spiro atoms. The fourth-order valence-corrected chi connectivity index (χ4v) is 9.65.